The Morgan fingerprint density at radius 3 is 2.48 bits per heavy atom. The van der Waals surface area contributed by atoms with E-state index < -0.39 is 6.04 Å². The Morgan fingerprint density at radius 1 is 1.08 bits per heavy atom. The van der Waals surface area contributed by atoms with E-state index in [9.17, 15) is 9.59 Å². The molecule has 4 nitrogen and oxygen atoms in total. The predicted octanol–water partition coefficient (Wildman–Crippen LogP) is 4.18. The second-order valence-corrected chi connectivity index (χ2v) is 6.89. The SMILES string of the molecule is Cc1ccccc1N1CCN(C(=O)c2ccc(Cl)c(Cl)c2)[C@H](C)C1=O. The standard InChI is InChI=1S/C19H18Cl2N2O2/c1-12-5-3-4-6-17(12)23-10-9-22(13(2)18(23)24)19(25)14-7-8-15(20)16(21)11-14/h3-8,11,13H,9-10H2,1-2H3/t13-/m1/s1. The fourth-order valence-corrected chi connectivity index (χ4v) is 3.35. The molecule has 0 aliphatic carbocycles. The zero-order valence-corrected chi connectivity index (χ0v) is 15.5. The van der Waals surface area contributed by atoms with E-state index in [0.717, 1.165) is 11.3 Å². The minimum atomic E-state index is -0.546. The maximum absolute atomic E-state index is 12.8. The van der Waals surface area contributed by atoms with Crippen molar-refractivity contribution < 1.29 is 9.59 Å². The maximum atomic E-state index is 12.8. The lowest BCUT2D eigenvalue weighted by atomic mass is 10.1. The predicted molar refractivity (Wildman–Crippen MR) is 100 cm³/mol. The van der Waals surface area contributed by atoms with Gasteiger partial charge in [0.15, 0.2) is 0 Å². The van der Waals surface area contributed by atoms with E-state index in [1.54, 1.807) is 28.9 Å². The monoisotopic (exact) mass is 376 g/mol. The molecule has 3 rings (SSSR count). The summed E-state index contributed by atoms with van der Waals surface area (Å²) in [5.41, 5.74) is 2.35. The number of anilines is 1. The molecule has 1 aliphatic rings. The van der Waals surface area contributed by atoms with Gasteiger partial charge in [-0.05, 0) is 43.7 Å². The van der Waals surface area contributed by atoms with Crippen LogP contribution < -0.4 is 4.90 Å². The van der Waals surface area contributed by atoms with Crippen molar-refractivity contribution in [2.24, 2.45) is 0 Å². The normalized spacial score (nSPS) is 17.8. The summed E-state index contributed by atoms with van der Waals surface area (Å²) < 4.78 is 0. The van der Waals surface area contributed by atoms with Gasteiger partial charge < -0.3 is 9.80 Å². The molecule has 25 heavy (non-hydrogen) atoms. The molecule has 1 aliphatic heterocycles. The van der Waals surface area contributed by atoms with Gasteiger partial charge in [0.1, 0.15) is 6.04 Å². The first-order chi connectivity index (χ1) is 11.9. The number of rotatable bonds is 2. The molecule has 0 radical (unpaired) electrons. The van der Waals surface area contributed by atoms with Crippen LogP contribution in [-0.2, 0) is 4.79 Å². The fourth-order valence-electron chi connectivity index (χ4n) is 3.05. The van der Waals surface area contributed by atoms with E-state index in [-0.39, 0.29) is 11.8 Å². The minimum absolute atomic E-state index is 0.0889. The van der Waals surface area contributed by atoms with Crippen LogP contribution in [-0.4, -0.2) is 35.8 Å². The average molecular weight is 377 g/mol. The third-order valence-electron chi connectivity index (χ3n) is 4.49. The Balaban J connectivity index is 1.83. The first-order valence-corrected chi connectivity index (χ1v) is 8.79. The number of hydrogen-bond donors (Lipinski definition) is 0. The van der Waals surface area contributed by atoms with Crippen LogP contribution in [0.2, 0.25) is 10.0 Å². The summed E-state index contributed by atoms with van der Waals surface area (Å²) in [6.07, 6.45) is 0. The van der Waals surface area contributed by atoms with Gasteiger partial charge in [-0.3, -0.25) is 9.59 Å². The van der Waals surface area contributed by atoms with Crippen LogP contribution >= 0.6 is 23.2 Å². The van der Waals surface area contributed by atoms with E-state index in [1.165, 1.54) is 6.07 Å². The highest BCUT2D eigenvalue weighted by molar-refractivity contribution is 6.42. The summed E-state index contributed by atoms with van der Waals surface area (Å²) in [5.74, 6) is -0.308. The minimum Gasteiger partial charge on any atom is -0.325 e. The van der Waals surface area contributed by atoms with Gasteiger partial charge in [0.05, 0.1) is 10.0 Å². The van der Waals surface area contributed by atoms with E-state index in [0.29, 0.717) is 28.7 Å². The van der Waals surface area contributed by atoms with Crippen molar-refractivity contribution in [2.75, 3.05) is 18.0 Å². The first-order valence-electron chi connectivity index (χ1n) is 8.03. The topological polar surface area (TPSA) is 40.6 Å². The first kappa shape index (κ1) is 17.8. The van der Waals surface area contributed by atoms with Crippen LogP contribution in [0.3, 0.4) is 0 Å². The number of amides is 2. The second-order valence-electron chi connectivity index (χ2n) is 6.08. The molecule has 0 N–H and O–H groups in total. The van der Waals surface area contributed by atoms with Gasteiger partial charge in [-0.1, -0.05) is 41.4 Å². The fraction of sp³-hybridized carbons (Fsp3) is 0.263. The lowest BCUT2D eigenvalue weighted by Gasteiger charge is -2.39. The molecule has 130 valence electrons. The van der Waals surface area contributed by atoms with E-state index in [4.69, 9.17) is 23.2 Å². The second kappa shape index (κ2) is 7.06. The summed E-state index contributed by atoms with van der Waals surface area (Å²) in [6.45, 7) is 4.64. The Bertz CT molecular complexity index is 838. The van der Waals surface area contributed by atoms with Crippen molar-refractivity contribution in [1.29, 1.82) is 0 Å². The average Bonchev–Trinajstić information content (AvgIpc) is 2.60. The Kier molecular flexibility index (Phi) is 5.02. The molecular formula is C19H18Cl2N2O2. The van der Waals surface area contributed by atoms with Crippen molar-refractivity contribution in [2.45, 2.75) is 19.9 Å². The molecule has 0 aromatic heterocycles. The molecule has 2 aromatic carbocycles. The van der Waals surface area contributed by atoms with Gasteiger partial charge in [0.25, 0.3) is 5.91 Å². The summed E-state index contributed by atoms with van der Waals surface area (Å²) in [4.78, 5) is 28.9. The van der Waals surface area contributed by atoms with E-state index in [1.807, 2.05) is 31.2 Å². The summed E-state index contributed by atoms with van der Waals surface area (Å²) in [7, 11) is 0. The van der Waals surface area contributed by atoms with Crippen molar-refractivity contribution in [3.8, 4) is 0 Å². The van der Waals surface area contributed by atoms with Crippen molar-refractivity contribution in [1.82, 2.24) is 4.90 Å². The Hall–Kier alpha value is -2.04. The molecular weight excluding hydrogens is 359 g/mol. The third-order valence-corrected chi connectivity index (χ3v) is 5.23. The molecule has 0 unspecified atom stereocenters. The van der Waals surface area contributed by atoms with Gasteiger partial charge in [0, 0.05) is 24.3 Å². The zero-order chi connectivity index (χ0) is 18.1. The molecule has 6 heteroatoms. The van der Waals surface area contributed by atoms with E-state index >= 15 is 0 Å². The molecule has 0 saturated carbocycles. The summed E-state index contributed by atoms with van der Waals surface area (Å²) in [6, 6.07) is 12.0. The van der Waals surface area contributed by atoms with Crippen molar-refractivity contribution in [3.05, 3.63) is 63.6 Å². The van der Waals surface area contributed by atoms with Crippen LogP contribution in [0.1, 0.15) is 22.8 Å². The van der Waals surface area contributed by atoms with Gasteiger partial charge in [-0.2, -0.15) is 0 Å². The highest BCUT2D eigenvalue weighted by atomic mass is 35.5. The van der Waals surface area contributed by atoms with Crippen LogP contribution in [0, 0.1) is 6.92 Å². The lowest BCUT2D eigenvalue weighted by molar-refractivity contribution is -0.124. The number of benzene rings is 2. The molecule has 1 saturated heterocycles. The maximum Gasteiger partial charge on any atom is 0.254 e. The largest absolute Gasteiger partial charge is 0.325 e. The lowest BCUT2D eigenvalue weighted by Crippen LogP contribution is -2.57. The highest BCUT2D eigenvalue weighted by Gasteiger charge is 2.35. The number of carbonyl (C=O) groups is 2. The van der Waals surface area contributed by atoms with E-state index in [2.05, 4.69) is 0 Å². The van der Waals surface area contributed by atoms with Crippen LogP contribution in [0.25, 0.3) is 0 Å². The van der Waals surface area contributed by atoms with Crippen LogP contribution in [0.15, 0.2) is 42.5 Å². The van der Waals surface area contributed by atoms with Crippen LogP contribution in [0.5, 0.6) is 0 Å². The molecule has 1 heterocycles. The highest BCUT2D eigenvalue weighted by Crippen LogP contribution is 2.27. The smallest absolute Gasteiger partial charge is 0.254 e. The quantitative estimate of drug-likeness (QED) is 0.788. The molecule has 2 aromatic rings. The number of halogens is 2. The zero-order valence-electron chi connectivity index (χ0n) is 14.0. The molecule has 0 bridgehead atoms. The molecule has 0 spiro atoms. The summed E-state index contributed by atoms with van der Waals surface area (Å²) >= 11 is 11.9. The number of nitrogens with zero attached hydrogens (tertiary/aromatic N) is 2. The van der Waals surface area contributed by atoms with Gasteiger partial charge in [0.2, 0.25) is 5.91 Å². The Labute approximate surface area is 156 Å². The van der Waals surface area contributed by atoms with Crippen LogP contribution in [0.4, 0.5) is 5.69 Å². The number of para-hydroxylation sites is 1. The number of piperazine rings is 1. The molecule has 1 atom stereocenters. The molecule has 1 fully saturated rings. The Morgan fingerprint density at radius 2 is 1.80 bits per heavy atom. The van der Waals surface area contributed by atoms with Gasteiger partial charge >= 0.3 is 0 Å². The third kappa shape index (κ3) is 3.37. The van der Waals surface area contributed by atoms with Crippen molar-refractivity contribution >= 4 is 40.7 Å². The number of carbonyl (C=O) groups excluding carboxylic acids is 2. The summed E-state index contributed by atoms with van der Waals surface area (Å²) in [5, 5.41) is 0.719. The number of aryl methyl sites for hydroxylation is 1. The van der Waals surface area contributed by atoms with Gasteiger partial charge in [-0.15, -0.1) is 0 Å². The van der Waals surface area contributed by atoms with Crippen molar-refractivity contribution in [3.63, 3.8) is 0 Å². The van der Waals surface area contributed by atoms with Gasteiger partial charge in [-0.25, -0.2) is 0 Å². The molecule has 2 amide bonds. The number of hydrogen-bond acceptors (Lipinski definition) is 2.